The zero-order valence-electron chi connectivity index (χ0n) is 29.3. The molecule has 0 aliphatic carbocycles. The molecule has 0 spiro atoms. The molecule has 0 saturated carbocycles. The Morgan fingerprint density at radius 2 is 1.35 bits per heavy atom. The van der Waals surface area contributed by atoms with Crippen LogP contribution in [0.4, 0.5) is 4.39 Å². The summed E-state index contributed by atoms with van der Waals surface area (Å²) >= 11 is 0. The summed E-state index contributed by atoms with van der Waals surface area (Å²) in [4.78, 5) is 33.1. The quantitative estimate of drug-likeness (QED) is 0.204. The van der Waals surface area contributed by atoms with E-state index in [1.165, 1.54) is 35.5 Å². The van der Waals surface area contributed by atoms with Crippen molar-refractivity contribution in [2.75, 3.05) is 13.1 Å². The van der Waals surface area contributed by atoms with Crippen LogP contribution in [0.1, 0.15) is 59.6 Å². The van der Waals surface area contributed by atoms with Gasteiger partial charge in [-0.3, -0.25) is 24.4 Å². The summed E-state index contributed by atoms with van der Waals surface area (Å²) < 4.78 is 17.5. The number of rotatable bonds is 6. The van der Waals surface area contributed by atoms with Crippen molar-refractivity contribution in [2.24, 2.45) is 0 Å². The Morgan fingerprint density at radius 1 is 0.731 bits per heavy atom. The van der Waals surface area contributed by atoms with E-state index in [2.05, 4.69) is 59.0 Å². The average molecular weight is 700 g/mol. The number of benzene rings is 3. The van der Waals surface area contributed by atoms with Gasteiger partial charge in [-0.25, -0.2) is 4.39 Å². The van der Waals surface area contributed by atoms with Crippen molar-refractivity contribution >= 4 is 10.9 Å². The molecular weight excluding hydrogens is 657 g/mol. The number of hydrogen-bond acceptors (Lipinski definition) is 7. The first-order valence-electron chi connectivity index (χ1n) is 17.7. The predicted molar refractivity (Wildman–Crippen MR) is 200 cm³/mol. The minimum Gasteiger partial charge on any atom is -0.503 e. The second kappa shape index (κ2) is 15.0. The average Bonchev–Trinajstić information content (AvgIpc) is 3.15. The molecule has 2 atom stereocenters. The molecule has 8 rings (SSSR count). The van der Waals surface area contributed by atoms with E-state index < -0.39 is 5.43 Å². The Balaban J connectivity index is 0.000000170. The maximum atomic E-state index is 13.6. The van der Waals surface area contributed by atoms with Crippen LogP contribution in [0.3, 0.4) is 0 Å². The first kappa shape index (κ1) is 34.9. The second-order valence-corrected chi connectivity index (χ2v) is 13.5. The lowest BCUT2D eigenvalue weighted by Gasteiger charge is -2.38. The Morgan fingerprint density at radius 3 is 2.04 bits per heavy atom. The van der Waals surface area contributed by atoms with Gasteiger partial charge in [-0.1, -0.05) is 67.6 Å². The highest BCUT2D eigenvalue weighted by Crippen LogP contribution is 2.34. The summed E-state index contributed by atoms with van der Waals surface area (Å²) in [5.41, 5.74) is 6.61. The number of aryl methyl sites for hydroxylation is 1. The normalized spacial score (nSPS) is 17.2. The van der Waals surface area contributed by atoms with Gasteiger partial charge < -0.3 is 19.3 Å². The Bertz CT molecular complexity index is 2320. The number of pyridine rings is 3. The van der Waals surface area contributed by atoms with E-state index in [4.69, 9.17) is 0 Å². The van der Waals surface area contributed by atoms with Gasteiger partial charge in [0, 0.05) is 80.4 Å². The molecule has 0 amide bonds. The van der Waals surface area contributed by atoms with E-state index in [-0.39, 0.29) is 34.8 Å². The lowest BCUT2D eigenvalue weighted by molar-refractivity contribution is 0.158. The van der Waals surface area contributed by atoms with Crippen LogP contribution in [0.5, 0.6) is 11.5 Å². The number of hydrogen-bond donors (Lipinski definition) is 2. The molecule has 5 heterocycles. The van der Waals surface area contributed by atoms with Gasteiger partial charge in [-0.2, -0.15) is 0 Å². The molecule has 3 aromatic heterocycles. The van der Waals surface area contributed by atoms with Crippen molar-refractivity contribution in [3.8, 4) is 11.5 Å². The van der Waals surface area contributed by atoms with Gasteiger partial charge in [-0.15, -0.1) is 0 Å². The number of aromatic hydroxyl groups is 2. The zero-order chi connectivity index (χ0) is 36.4. The molecule has 3 aromatic carbocycles. The SMILES string of the molecule is CCc1ccc(CN2CCn3cc(O)c(=O)cc3C2C)cc1.O=c1cc2n(cc1O)CCN(Cc1cccc3cccnc13)C2c1ccc(F)cc1. The zero-order valence-corrected chi connectivity index (χ0v) is 29.3. The smallest absolute Gasteiger partial charge is 0.223 e. The Kier molecular flexibility index (Phi) is 10.0. The van der Waals surface area contributed by atoms with Crippen LogP contribution in [0.2, 0.25) is 0 Å². The van der Waals surface area contributed by atoms with Gasteiger partial charge in [0.15, 0.2) is 11.5 Å². The molecule has 0 saturated heterocycles. The standard InChI is InChI=1S/C24H20FN3O2.C18H22N2O2/c25-19-8-6-17(7-9-19)24-20-13-21(29)22(30)15-27(20)11-12-28(24)14-18-4-1-3-16-5-2-10-26-23(16)18;1-3-14-4-6-15(7-5-14)11-19-8-9-20-12-18(22)17(21)10-16(20)13(19)2/h1-10,13,15,24,30H,11-12,14H2;4-7,10,12-13,22H,3,8-9,11H2,1-2H3. The summed E-state index contributed by atoms with van der Waals surface area (Å²) in [6.45, 7) is 8.82. The number of fused-ring (bicyclic) bond motifs is 3. The molecule has 6 aromatic rings. The fourth-order valence-corrected chi connectivity index (χ4v) is 7.35. The van der Waals surface area contributed by atoms with E-state index >= 15 is 0 Å². The second-order valence-electron chi connectivity index (χ2n) is 13.5. The van der Waals surface area contributed by atoms with E-state index in [0.29, 0.717) is 19.6 Å². The first-order chi connectivity index (χ1) is 25.2. The van der Waals surface area contributed by atoms with Gasteiger partial charge in [0.2, 0.25) is 10.9 Å². The largest absolute Gasteiger partial charge is 0.503 e. The summed E-state index contributed by atoms with van der Waals surface area (Å²) in [5, 5.41) is 20.5. The summed E-state index contributed by atoms with van der Waals surface area (Å²) in [6, 6.07) is 28.1. The van der Waals surface area contributed by atoms with Crippen LogP contribution in [-0.2, 0) is 32.6 Å². The predicted octanol–water partition coefficient (Wildman–Crippen LogP) is 6.54. The third-order valence-corrected chi connectivity index (χ3v) is 10.3. The van der Waals surface area contributed by atoms with Crippen molar-refractivity contribution in [3.63, 3.8) is 0 Å². The molecule has 0 fully saturated rings. The first-order valence-corrected chi connectivity index (χ1v) is 17.7. The molecule has 2 N–H and O–H groups in total. The fourth-order valence-electron chi connectivity index (χ4n) is 7.35. The Labute approximate surface area is 301 Å². The molecule has 52 heavy (non-hydrogen) atoms. The monoisotopic (exact) mass is 699 g/mol. The van der Waals surface area contributed by atoms with Crippen LogP contribution in [0, 0.1) is 5.82 Å². The minimum absolute atomic E-state index is 0.160. The maximum Gasteiger partial charge on any atom is 0.223 e. The molecule has 9 nitrogen and oxygen atoms in total. The number of para-hydroxylation sites is 1. The molecule has 266 valence electrons. The molecular formula is C42H42FN5O4. The summed E-state index contributed by atoms with van der Waals surface area (Å²) in [5.74, 6) is -0.731. The van der Waals surface area contributed by atoms with Crippen LogP contribution < -0.4 is 10.9 Å². The highest BCUT2D eigenvalue weighted by atomic mass is 19.1. The van der Waals surface area contributed by atoms with E-state index in [9.17, 15) is 24.2 Å². The topological polar surface area (TPSA) is 104 Å². The van der Waals surface area contributed by atoms with Crippen LogP contribution in [0.15, 0.2) is 119 Å². The van der Waals surface area contributed by atoms with Gasteiger partial charge >= 0.3 is 0 Å². The summed E-state index contributed by atoms with van der Waals surface area (Å²) in [7, 11) is 0. The van der Waals surface area contributed by atoms with Crippen LogP contribution in [0.25, 0.3) is 10.9 Å². The van der Waals surface area contributed by atoms with Crippen molar-refractivity contribution in [1.29, 1.82) is 0 Å². The minimum atomic E-state index is -0.415. The Hall–Kier alpha value is -5.58. The molecule has 0 bridgehead atoms. The van der Waals surface area contributed by atoms with Gasteiger partial charge in [0.25, 0.3) is 0 Å². The number of aromatic nitrogens is 3. The van der Waals surface area contributed by atoms with Gasteiger partial charge in [-0.05, 0) is 53.8 Å². The fraction of sp³-hybridized carbons (Fsp3) is 0.262. The van der Waals surface area contributed by atoms with Crippen molar-refractivity contribution in [2.45, 2.75) is 58.5 Å². The highest BCUT2D eigenvalue weighted by molar-refractivity contribution is 5.81. The highest BCUT2D eigenvalue weighted by Gasteiger charge is 2.30. The number of nitrogens with zero attached hydrogens (tertiary/aromatic N) is 5. The molecule has 10 heteroatoms. The summed E-state index contributed by atoms with van der Waals surface area (Å²) in [6.07, 6.45) is 5.89. The number of halogens is 1. The van der Waals surface area contributed by atoms with Crippen molar-refractivity contribution in [1.82, 2.24) is 23.9 Å². The molecule has 2 aliphatic heterocycles. The van der Waals surface area contributed by atoms with E-state index in [1.54, 1.807) is 30.6 Å². The van der Waals surface area contributed by atoms with Crippen molar-refractivity contribution in [3.05, 3.63) is 169 Å². The third kappa shape index (κ3) is 7.26. The van der Waals surface area contributed by atoms with Gasteiger partial charge in [0.1, 0.15) is 5.82 Å². The van der Waals surface area contributed by atoms with E-state index in [1.807, 2.05) is 33.4 Å². The lowest BCUT2D eigenvalue weighted by Crippen LogP contribution is -2.39. The molecule has 2 unspecified atom stereocenters. The van der Waals surface area contributed by atoms with E-state index in [0.717, 1.165) is 59.5 Å². The van der Waals surface area contributed by atoms with Crippen LogP contribution >= 0.6 is 0 Å². The van der Waals surface area contributed by atoms with Gasteiger partial charge in [0.05, 0.1) is 24.0 Å². The van der Waals surface area contributed by atoms with Crippen LogP contribution in [-0.4, -0.2) is 47.2 Å². The lowest BCUT2D eigenvalue weighted by atomic mass is 9.97. The third-order valence-electron chi connectivity index (χ3n) is 10.3. The maximum absolute atomic E-state index is 13.6. The molecule has 0 radical (unpaired) electrons. The van der Waals surface area contributed by atoms with Crippen molar-refractivity contribution < 1.29 is 14.6 Å². The molecule has 2 aliphatic rings.